The van der Waals surface area contributed by atoms with Crippen LogP contribution < -0.4 is 16.6 Å². The van der Waals surface area contributed by atoms with Crippen LogP contribution in [0.5, 0.6) is 0 Å². The molecule has 5 nitrogen and oxygen atoms in total. The van der Waals surface area contributed by atoms with Crippen LogP contribution in [0.15, 0.2) is 23.3 Å². The van der Waals surface area contributed by atoms with E-state index in [1.54, 1.807) is 6.07 Å². The number of benzene rings is 1. The second kappa shape index (κ2) is 4.26. The van der Waals surface area contributed by atoms with E-state index in [-0.39, 0.29) is 5.56 Å². The van der Waals surface area contributed by atoms with Gasteiger partial charge >= 0.3 is 0 Å². The largest absolute Gasteiger partial charge is 0.397 e. The zero-order valence-corrected chi connectivity index (χ0v) is 11.0. The normalized spacial score (nSPS) is 17.1. The Morgan fingerprint density at radius 1 is 1.47 bits per heavy atom. The van der Waals surface area contributed by atoms with E-state index in [2.05, 4.69) is 22.2 Å². The quantitative estimate of drug-likeness (QED) is 0.736. The number of nitrogens with zero attached hydrogens (tertiary/aromatic N) is 1. The molecule has 0 bridgehead atoms. The van der Waals surface area contributed by atoms with Crippen LogP contribution in [0.1, 0.15) is 26.2 Å². The first kappa shape index (κ1) is 12.0. The van der Waals surface area contributed by atoms with Crippen molar-refractivity contribution in [1.82, 2.24) is 9.97 Å². The molecule has 0 spiro atoms. The predicted molar refractivity (Wildman–Crippen MR) is 77.2 cm³/mol. The number of nitrogen functional groups attached to an aromatic ring is 1. The lowest BCUT2D eigenvalue weighted by atomic mass is 9.70. The molecule has 100 valence electrons. The fraction of sp³-hybridized carbons (Fsp3) is 0.429. The van der Waals surface area contributed by atoms with Crippen molar-refractivity contribution in [2.24, 2.45) is 5.41 Å². The van der Waals surface area contributed by atoms with Crippen LogP contribution in [0.2, 0.25) is 0 Å². The van der Waals surface area contributed by atoms with Crippen LogP contribution in [-0.2, 0) is 0 Å². The fourth-order valence-corrected chi connectivity index (χ4v) is 2.55. The molecular formula is C14H18N4O. The van der Waals surface area contributed by atoms with Crippen molar-refractivity contribution in [2.75, 3.05) is 17.6 Å². The van der Waals surface area contributed by atoms with Crippen LogP contribution >= 0.6 is 0 Å². The highest BCUT2D eigenvalue weighted by Crippen LogP contribution is 2.40. The number of fused-ring (bicyclic) bond motifs is 1. The molecule has 1 heterocycles. The second-order valence-corrected chi connectivity index (χ2v) is 5.71. The Labute approximate surface area is 111 Å². The summed E-state index contributed by atoms with van der Waals surface area (Å²) < 4.78 is 0. The van der Waals surface area contributed by atoms with Gasteiger partial charge in [0.05, 0.1) is 28.6 Å². The molecule has 19 heavy (non-hydrogen) atoms. The van der Waals surface area contributed by atoms with Crippen molar-refractivity contribution in [3.63, 3.8) is 0 Å². The van der Waals surface area contributed by atoms with Gasteiger partial charge in [-0.2, -0.15) is 0 Å². The second-order valence-electron chi connectivity index (χ2n) is 5.71. The number of hydrogen-bond acceptors (Lipinski definition) is 4. The van der Waals surface area contributed by atoms with Crippen LogP contribution in [0.25, 0.3) is 10.9 Å². The van der Waals surface area contributed by atoms with Crippen LogP contribution in [0, 0.1) is 5.41 Å². The van der Waals surface area contributed by atoms with E-state index in [1.165, 1.54) is 25.6 Å². The Bertz CT molecular complexity index is 673. The highest BCUT2D eigenvalue weighted by molar-refractivity contribution is 5.88. The minimum atomic E-state index is -0.158. The fourth-order valence-electron chi connectivity index (χ4n) is 2.55. The lowest BCUT2D eigenvalue weighted by Gasteiger charge is -2.38. The molecule has 1 aliphatic carbocycles. The minimum absolute atomic E-state index is 0.158. The first-order valence-corrected chi connectivity index (χ1v) is 6.58. The summed E-state index contributed by atoms with van der Waals surface area (Å²) in [6, 6.07) is 3.54. The molecule has 0 radical (unpaired) electrons. The number of nitrogens with two attached hydrogens (primary N) is 1. The van der Waals surface area contributed by atoms with E-state index in [4.69, 9.17) is 5.73 Å². The SMILES string of the molecule is CC1(CNc2cc3nc[nH]c(=O)c3cc2N)CCC1. The molecule has 0 atom stereocenters. The van der Waals surface area contributed by atoms with Gasteiger partial charge in [-0.25, -0.2) is 4.98 Å². The Morgan fingerprint density at radius 3 is 2.95 bits per heavy atom. The number of nitrogens with one attached hydrogen (secondary N) is 2. The molecule has 1 saturated carbocycles. The van der Waals surface area contributed by atoms with Gasteiger partial charge in [-0.3, -0.25) is 4.79 Å². The summed E-state index contributed by atoms with van der Waals surface area (Å²) in [5, 5.41) is 3.92. The molecule has 2 aromatic rings. The number of rotatable bonds is 3. The molecule has 0 aliphatic heterocycles. The molecule has 1 aromatic heterocycles. The maximum atomic E-state index is 11.6. The monoisotopic (exact) mass is 258 g/mol. The zero-order valence-electron chi connectivity index (χ0n) is 11.0. The van der Waals surface area contributed by atoms with Crippen molar-refractivity contribution in [3.8, 4) is 0 Å². The number of aromatic nitrogens is 2. The summed E-state index contributed by atoms with van der Waals surface area (Å²) in [5.41, 5.74) is 8.34. The first-order valence-electron chi connectivity index (χ1n) is 6.58. The maximum absolute atomic E-state index is 11.6. The molecular weight excluding hydrogens is 240 g/mol. The number of H-pyrrole nitrogens is 1. The molecule has 4 N–H and O–H groups in total. The van der Waals surface area contributed by atoms with E-state index < -0.39 is 0 Å². The Balaban J connectivity index is 1.91. The van der Waals surface area contributed by atoms with Gasteiger partial charge in [-0.15, -0.1) is 0 Å². The summed E-state index contributed by atoms with van der Waals surface area (Å²) in [7, 11) is 0. The molecule has 0 amide bonds. The average Bonchev–Trinajstić information content (AvgIpc) is 2.35. The number of hydrogen-bond donors (Lipinski definition) is 3. The van der Waals surface area contributed by atoms with Crippen molar-refractivity contribution in [1.29, 1.82) is 0 Å². The van der Waals surface area contributed by atoms with E-state index >= 15 is 0 Å². The summed E-state index contributed by atoms with van der Waals surface area (Å²) in [4.78, 5) is 18.4. The highest BCUT2D eigenvalue weighted by atomic mass is 16.1. The molecule has 5 heteroatoms. The van der Waals surface area contributed by atoms with Gasteiger partial charge in [0, 0.05) is 6.54 Å². The van der Waals surface area contributed by atoms with Gasteiger partial charge in [0.1, 0.15) is 0 Å². The lowest BCUT2D eigenvalue weighted by molar-refractivity contribution is 0.180. The third-order valence-electron chi connectivity index (χ3n) is 4.08. The van der Waals surface area contributed by atoms with Gasteiger partial charge in [0.15, 0.2) is 0 Å². The van der Waals surface area contributed by atoms with Crippen LogP contribution in [0.3, 0.4) is 0 Å². The van der Waals surface area contributed by atoms with E-state index in [0.29, 0.717) is 22.0 Å². The summed E-state index contributed by atoms with van der Waals surface area (Å²) >= 11 is 0. The molecule has 3 rings (SSSR count). The van der Waals surface area contributed by atoms with E-state index in [9.17, 15) is 4.79 Å². The van der Waals surface area contributed by atoms with Crippen molar-refractivity contribution >= 4 is 22.3 Å². The van der Waals surface area contributed by atoms with Gasteiger partial charge in [-0.05, 0) is 30.4 Å². The first-order chi connectivity index (χ1) is 9.07. The maximum Gasteiger partial charge on any atom is 0.258 e. The van der Waals surface area contributed by atoms with Crippen LogP contribution in [0.4, 0.5) is 11.4 Å². The third-order valence-corrected chi connectivity index (χ3v) is 4.08. The van der Waals surface area contributed by atoms with Crippen LogP contribution in [-0.4, -0.2) is 16.5 Å². The van der Waals surface area contributed by atoms with Gasteiger partial charge in [0.25, 0.3) is 5.56 Å². The Kier molecular flexibility index (Phi) is 2.69. The minimum Gasteiger partial charge on any atom is -0.397 e. The average molecular weight is 258 g/mol. The third kappa shape index (κ3) is 2.16. The van der Waals surface area contributed by atoms with Crippen molar-refractivity contribution in [2.45, 2.75) is 26.2 Å². The predicted octanol–water partition coefficient (Wildman–Crippen LogP) is 2.11. The summed E-state index contributed by atoms with van der Waals surface area (Å²) in [5.74, 6) is 0. The summed E-state index contributed by atoms with van der Waals surface area (Å²) in [6.07, 6.45) is 5.23. The molecule has 0 unspecified atom stereocenters. The topological polar surface area (TPSA) is 83.8 Å². The highest BCUT2D eigenvalue weighted by Gasteiger charge is 2.31. The molecule has 1 fully saturated rings. The van der Waals surface area contributed by atoms with E-state index in [0.717, 1.165) is 12.2 Å². The number of anilines is 2. The van der Waals surface area contributed by atoms with E-state index in [1.807, 2.05) is 6.07 Å². The van der Waals surface area contributed by atoms with Crippen molar-refractivity contribution in [3.05, 3.63) is 28.8 Å². The molecule has 1 aliphatic rings. The summed E-state index contributed by atoms with van der Waals surface area (Å²) in [6.45, 7) is 3.19. The Hall–Kier alpha value is -2.04. The smallest absolute Gasteiger partial charge is 0.258 e. The van der Waals surface area contributed by atoms with Crippen molar-refractivity contribution < 1.29 is 0 Å². The Morgan fingerprint density at radius 2 is 2.26 bits per heavy atom. The van der Waals surface area contributed by atoms with Gasteiger partial charge in [0.2, 0.25) is 0 Å². The zero-order chi connectivity index (χ0) is 13.5. The van der Waals surface area contributed by atoms with Gasteiger partial charge < -0.3 is 16.0 Å². The lowest BCUT2D eigenvalue weighted by Crippen LogP contribution is -2.33. The molecule has 0 saturated heterocycles. The van der Waals surface area contributed by atoms with Gasteiger partial charge in [-0.1, -0.05) is 13.3 Å². The standard InChI is InChI=1S/C14H18N4O/c1-14(3-2-4-14)7-16-12-6-11-9(5-10(12)15)13(19)18-8-17-11/h5-6,8,16H,2-4,7,15H2,1H3,(H,17,18,19). The number of aromatic amines is 1. The molecule has 1 aromatic carbocycles.